The SMILES string of the molecule is N#Cc1cc2cc(C(=O)N[C@@H](Cc3ccccc3)C(=O)N3CC(O)C3)[nH]c2s1. The predicted octanol–water partition coefficient (Wildman–Crippen LogP) is 1.65. The van der Waals surface area contributed by atoms with Gasteiger partial charge in [0.15, 0.2) is 0 Å². The number of amides is 2. The largest absolute Gasteiger partial charge is 0.389 e. The number of β-amino-alcohol motifs (C(OH)–C–C–N with tert-alkyl or cyclic N) is 1. The van der Waals surface area contributed by atoms with Gasteiger partial charge in [-0.25, -0.2) is 0 Å². The number of hydrogen-bond donors (Lipinski definition) is 3. The molecular weight excluding hydrogens is 376 g/mol. The number of aromatic amines is 1. The van der Waals surface area contributed by atoms with E-state index in [1.807, 2.05) is 30.3 Å². The van der Waals surface area contributed by atoms with Crippen LogP contribution >= 0.6 is 11.3 Å². The van der Waals surface area contributed by atoms with Gasteiger partial charge < -0.3 is 20.3 Å². The van der Waals surface area contributed by atoms with Crippen molar-refractivity contribution in [2.75, 3.05) is 13.1 Å². The molecule has 1 aliphatic heterocycles. The van der Waals surface area contributed by atoms with Gasteiger partial charge in [0.2, 0.25) is 5.91 Å². The molecule has 2 aromatic heterocycles. The van der Waals surface area contributed by atoms with Crippen LogP contribution in [0.25, 0.3) is 10.2 Å². The maximum Gasteiger partial charge on any atom is 0.268 e. The minimum absolute atomic E-state index is 0.206. The number of rotatable bonds is 5. The number of benzene rings is 1. The van der Waals surface area contributed by atoms with Crippen LogP contribution in [0.2, 0.25) is 0 Å². The molecule has 1 fully saturated rings. The average Bonchev–Trinajstić information content (AvgIpc) is 3.24. The minimum atomic E-state index is -0.724. The summed E-state index contributed by atoms with van der Waals surface area (Å²) in [4.78, 5) is 31.4. The van der Waals surface area contributed by atoms with Crippen LogP contribution in [-0.2, 0) is 11.2 Å². The Balaban J connectivity index is 1.52. The molecule has 7 nitrogen and oxygen atoms in total. The Morgan fingerprint density at radius 3 is 2.71 bits per heavy atom. The van der Waals surface area contributed by atoms with Gasteiger partial charge in [-0.3, -0.25) is 9.59 Å². The molecule has 3 heterocycles. The van der Waals surface area contributed by atoms with Gasteiger partial charge in [-0.05, 0) is 17.7 Å². The number of carbonyl (C=O) groups excluding carboxylic acids is 2. The smallest absolute Gasteiger partial charge is 0.268 e. The highest BCUT2D eigenvalue weighted by Gasteiger charge is 2.34. The van der Waals surface area contributed by atoms with Gasteiger partial charge >= 0.3 is 0 Å². The first-order chi connectivity index (χ1) is 13.5. The molecule has 0 bridgehead atoms. The Morgan fingerprint density at radius 2 is 2.07 bits per heavy atom. The monoisotopic (exact) mass is 394 g/mol. The van der Waals surface area contributed by atoms with E-state index in [1.54, 1.807) is 17.0 Å². The van der Waals surface area contributed by atoms with Crippen LogP contribution in [0.1, 0.15) is 20.9 Å². The summed E-state index contributed by atoms with van der Waals surface area (Å²) in [5, 5.41) is 22.1. The summed E-state index contributed by atoms with van der Waals surface area (Å²) in [6.45, 7) is 0.574. The van der Waals surface area contributed by atoms with Gasteiger partial charge in [-0.1, -0.05) is 30.3 Å². The van der Waals surface area contributed by atoms with E-state index >= 15 is 0 Å². The van der Waals surface area contributed by atoms with E-state index in [-0.39, 0.29) is 24.9 Å². The van der Waals surface area contributed by atoms with E-state index in [1.165, 1.54) is 11.3 Å². The lowest BCUT2D eigenvalue weighted by Crippen LogP contribution is -2.59. The number of hydrogen-bond acceptors (Lipinski definition) is 5. The molecule has 0 aliphatic carbocycles. The molecule has 0 saturated carbocycles. The van der Waals surface area contributed by atoms with Gasteiger partial charge in [0.1, 0.15) is 27.5 Å². The van der Waals surface area contributed by atoms with Crippen molar-refractivity contribution >= 4 is 33.4 Å². The molecule has 0 spiro atoms. The summed E-state index contributed by atoms with van der Waals surface area (Å²) >= 11 is 1.28. The van der Waals surface area contributed by atoms with Crippen molar-refractivity contribution in [2.24, 2.45) is 0 Å². The number of thiophene rings is 1. The first-order valence-corrected chi connectivity index (χ1v) is 9.69. The lowest BCUT2D eigenvalue weighted by Gasteiger charge is -2.38. The van der Waals surface area contributed by atoms with Crippen LogP contribution in [0.3, 0.4) is 0 Å². The van der Waals surface area contributed by atoms with E-state index in [0.717, 1.165) is 15.8 Å². The second-order valence-electron chi connectivity index (χ2n) is 6.80. The Kier molecular flexibility index (Phi) is 4.86. The van der Waals surface area contributed by atoms with Gasteiger partial charge in [0.25, 0.3) is 5.91 Å². The predicted molar refractivity (Wildman–Crippen MR) is 105 cm³/mol. The summed E-state index contributed by atoms with van der Waals surface area (Å²) < 4.78 is 0. The number of aromatic nitrogens is 1. The highest BCUT2D eigenvalue weighted by Crippen LogP contribution is 2.25. The highest BCUT2D eigenvalue weighted by atomic mass is 32.1. The third-order valence-corrected chi connectivity index (χ3v) is 5.69. The van der Waals surface area contributed by atoms with E-state index in [2.05, 4.69) is 16.4 Å². The lowest BCUT2D eigenvalue weighted by atomic mass is 10.0. The number of H-pyrrole nitrogens is 1. The molecule has 3 N–H and O–H groups in total. The molecule has 1 aliphatic rings. The van der Waals surface area contributed by atoms with Crippen LogP contribution in [0.4, 0.5) is 0 Å². The van der Waals surface area contributed by atoms with Crippen molar-refractivity contribution in [1.29, 1.82) is 5.26 Å². The molecule has 8 heteroatoms. The van der Waals surface area contributed by atoms with Crippen molar-refractivity contribution in [3.8, 4) is 6.07 Å². The molecule has 0 radical (unpaired) electrons. The van der Waals surface area contributed by atoms with E-state index in [0.29, 0.717) is 17.0 Å². The summed E-state index contributed by atoms with van der Waals surface area (Å²) in [5.41, 5.74) is 1.29. The summed E-state index contributed by atoms with van der Waals surface area (Å²) in [7, 11) is 0. The second-order valence-corrected chi connectivity index (χ2v) is 7.85. The molecule has 2 amide bonds. The zero-order valence-electron chi connectivity index (χ0n) is 14.9. The van der Waals surface area contributed by atoms with Crippen LogP contribution in [0, 0.1) is 11.3 Å². The van der Waals surface area contributed by atoms with Crippen molar-refractivity contribution in [3.63, 3.8) is 0 Å². The fourth-order valence-corrected chi connectivity index (χ4v) is 4.09. The Bertz CT molecular complexity index is 1030. The molecule has 0 unspecified atom stereocenters. The number of fused-ring (bicyclic) bond motifs is 1. The molecular formula is C20H18N4O3S. The van der Waals surface area contributed by atoms with Crippen LogP contribution < -0.4 is 5.32 Å². The zero-order valence-corrected chi connectivity index (χ0v) is 15.7. The van der Waals surface area contributed by atoms with E-state index in [9.17, 15) is 14.7 Å². The quantitative estimate of drug-likeness (QED) is 0.611. The van der Waals surface area contributed by atoms with Crippen molar-refractivity contribution < 1.29 is 14.7 Å². The van der Waals surface area contributed by atoms with Crippen molar-refractivity contribution in [2.45, 2.75) is 18.6 Å². The number of carbonyl (C=O) groups is 2. The molecule has 1 atom stereocenters. The van der Waals surface area contributed by atoms with Gasteiger partial charge in [-0.15, -0.1) is 11.3 Å². The molecule has 4 rings (SSSR count). The average molecular weight is 394 g/mol. The number of nitrogens with zero attached hydrogens (tertiary/aromatic N) is 2. The van der Waals surface area contributed by atoms with Crippen LogP contribution in [-0.4, -0.2) is 52.0 Å². The van der Waals surface area contributed by atoms with E-state index in [4.69, 9.17) is 5.26 Å². The third-order valence-electron chi connectivity index (χ3n) is 4.72. The summed E-state index contributed by atoms with van der Waals surface area (Å²) in [5.74, 6) is -0.583. The molecule has 1 saturated heterocycles. The number of nitriles is 1. The first-order valence-electron chi connectivity index (χ1n) is 8.88. The Hall–Kier alpha value is -3.15. The normalized spacial score (nSPS) is 15.1. The lowest BCUT2D eigenvalue weighted by molar-refractivity contribution is -0.143. The fraction of sp³-hybridized carbons (Fsp3) is 0.250. The highest BCUT2D eigenvalue weighted by molar-refractivity contribution is 7.19. The second kappa shape index (κ2) is 7.46. The van der Waals surface area contributed by atoms with Gasteiger partial charge in [0, 0.05) is 24.9 Å². The molecule has 3 aromatic rings. The topological polar surface area (TPSA) is 109 Å². The van der Waals surface area contributed by atoms with Crippen LogP contribution in [0.15, 0.2) is 42.5 Å². The van der Waals surface area contributed by atoms with Gasteiger partial charge in [-0.2, -0.15) is 5.26 Å². The zero-order chi connectivity index (χ0) is 19.7. The standard InChI is InChI=1S/C20H18N4O3S/c21-9-15-7-13-8-16(23-19(13)28-15)18(26)22-17(6-12-4-2-1-3-5-12)20(27)24-10-14(25)11-24/h1-5,7-8,14,17,23,25H,6,10-11H2,(H,22,26)/t17-/m0/s1. The summed E-state index contributed by atoms with van der Waals surface area (Å²) in [6.07, 6.45) is -0.132. The van der Waals surface area contributed by atoms with E-state index < -0.39 is 12.1 Å². The maximum atomic E-state index is 12.8. The Labute approximate surface area is 165 Å². The number of aliphatic hydroxyl groups is 1. The first kappa shape index (κ1) is 18.2. The molecule has 28 heavy (non-hydrogen) atoms. The fourth-order valence-electron chi connectivity index (χ4n) is 3.24. The number of aliphatic hydroxyl groups excluding tert-OH is 1. The number of nitrogens with one attached hydrogen (secondary N) is 2. The minimum Gasteiger partial charge on any atom is -0.389 e. The maximum absolute atomic E-state index is 12.8. The molecule has 1 aromatic carbocycles. The van der Waals surface area contributed by atoms with Crippen molar-refractivity contribution in [3.05, 3.63) is 58.6 Å². The van der Waals surface area contributed by atoms with Crippen LogP contribution in [0.5, 0.6) is 0 Å². The van der Waals surface area contributed by atoms with Gasteiger partial charge in [0.05, 0.1) is 6.10 Å². The third kappa shape index (κ3) is 3.63. The number of likely N-dealkylation sites (tertiary alicyclic amines) is 1. The summed E-state index contributed by atoms with van der Waals surface area (Å²) in [6, 6.07) is 14.2. The molecule has 142 valence electrons. The van der Waals surface area contributed by atoms with Crippen molar-refractivity contribution in [1.82, 2.24) is 15.2 Å². The Morgan fingerprint density at radius 1 is 1.32 bits per heavy atom.